The molecule has 0 spiro atoms. The average molecular weight is 310 g/mol. The number of guanidine groups is 1. The molecule has 4 heteroatoms. The molecule has 1 fully saturated rings. The van der Waals surface area contributed by atoms with E-state index in [1.165, 1.54) is 5.56 Å². The van der Waals surface area contributed by atoms with Gasteiger partial charge in [-0.25, -0.2) is 4.99 Å². The Morgan fingerprint density at radius 2 is 1.67 bits per heavy atom. The first-order valence-corrected chi connectivity index (χ1v) is 6.96. The molecule has 2 rings (SSSR count). The van der Waals surface area contributed by atoms with Crippen LogP contribution in [0.5, 0.6) is 0 Å². The van der Waals surface area contributed by atoms with Crippen molar-refractivity contribution in [3.8, 4) is 0 Å². The zero-order valence-electron chi connectivity index (χ0n) is 11.4. The highest BCUT2D eigenvalue weighted by molar-refractivity contribution is 9.10. The largest absolute Gasteiger partial charge is 0.349 e. The van der Waals surface area contributed by atoms with Crippen molar-refractivity contribution < 1.29 is 0 Å². The van der Waals surface area contributed by atoms with E-state index in [2.05, 4.69) is 50.0 Å². The number of hydrogen-bond donors (Lipinski definition) is 0. The van der Waals surface area contributed by atoms with Crippen LogP contribution in [0.2, 0.25) is 0 Å². The number of benzene rings is 1. The Kier molecular flexibility index (Phi) is 3.95. The molecule has 1 aromatic carbocycles. The first kappa shape index (κ1) is 13.4. The molecule has 0 aliphatic heterocycles. The minimum Gasteiger partial charge on any atom is -0.349 e. The van der Waals surface area contributed by atoms with E-state index in [1.807, 2.05) is 28.2 Å². The lowest BCUT2D eigenvalue weighted by atomic mass is 10.1. The van der Waals surface area contributed by atoms with Crippen molar-refractivity contribution in [1.82, 2.24) is 9.80 Å². The molecular weight excluding hydrogens is 290 g/mol. The van der Waals surface area contributed by atoms with Gasteiger partial charge in [-0.3, -0.25) is 0 Å². The van der Waals surface area contributed by atoms with Gasteiger partial charge >= 0.3 is 0 Å². The van der Waals surface area contributed by atoms with Gasteiger partial charge in [0.15, 0.2) is 5.96 Å². The van der Waals surface area contributed by atoms with E-state index >= 15 is 0 Å². The highest BCUT2D eigenvalue weighted by Crippen LogP contribution is 2.43. The van der Waals surface area contributed by atoms with Crippen molar-refractivity contribution in [2.75, 3.05) is 28.2 Å². The van der Waals surface area contributed by atoms with Crippen LogP contribution in [0.25, 0.3) is 0 Å². The molecule has 1 aromatic rings. The van der Waals surface area contributed by atoms with Crippen molar-refractivity contribution in [2.45, 2.75) is 18.4 Å². The first-order chi connectivity index (χ1) is 8.49. The summed E-state index contributed by atoms with van der Waals surface area (Å²) in [5, 5.41) is 0. The standard InChI is InChI=1S/C14H20BrN3/c1-17(2)14(18(3)4)16-13-9-12(13)10-5-7-11(15)8-6-10/h5-8,12-13H,9H2,1-4H3/t12-,13-/m0/s1. The highest BCUT2D eigenvalue weighted by atomic mass is 79.9. The first-order valence-electron chi connectivity index (χ1n) is 6.17. The minimum absolute atomic E-state index is 0.436. The SMILES string of the molecule is CN(C)C(=N[C@H]1C[C@H]1c1ccc(Br)cc1)N(C)C. The molecule has 0 heterocycles. The van der Waals surface area contributed by atoms with Crippen LogP contribution in [-0.2, 0) is 0 Å². The summed E-state index contributed by atoms with van der Waals surface area (Å²) in [4.78, 5) is 8.96. The molecule has 1 aliphatic carbocycles. The van der Waals surface area contributed by atoms with Gasteiger partial charge in [-0.2, -0.15) is 0 Å². The number of halogens is 1. The van der Waals surface area contributed by atoms with Gasteiger partial charge in [-0.1, -0.05) is 28.1 Å². The highest BCUT2D eigenvalue weighted by Gasteiger charge is 2.38. The van der Waals surface area contributed by atoms with Crippen LogP contribution in [0.15, 0.2) is 33.7 Å². The van der Waals surface area contributed by atoms with Gasteiger partial charge in [0.2, 0.25) is 0 Å². The molecular formula is C14H20BrN3. The zero-order valence-corrected chi connectivity index (χ0v) is 13.0. The summed E-state index contributed by atoms with van der Waals surface area (Å²) in [6, 6.07) is 9.02. The molecule has 0 amide bonds. The van der Waals surface area contributed by atoms with E-state index in [4.69, 9.17) is 4.99 Å². The number of hydrogen-bond acceptors (Lipinski definition) is 1. The van der Waals surface area contributed by atoms with E-state index < -0.39 is 0 Å². The molecule has 0 bridgehead atoms. The predicted molar refractivity (Wildman–Crippen MR) is 80.1 cm³/mol. The van der Waals surface area contributed by atoms with Crippen LogP contribution < -0.4 is 0 Å². The van der Waals surface area contributed by atoms with Crippen LogP contribution >= 0.6 is 15.9 Å². The summed E-state index contributed by atoms with van der Waals surface area (Å²) in [7, 11) is 8.15. The van der Waals surface area contributed by atoms with Crippen LogP contribution in [0.1, 0.15) is 17.9 Å². The Balaban J connectivity index is 2.07. The van der Waals surface area contributed by atoms with Crippen molar-refractivity contribution >= 4 is 21.9 Å². The number of nitrogens with zero attached hydrogens (tertiary/aromatic N) is 3. The van der Waals surface area contributed by atoms with Gasteiger partial charge in [0.05, 0.1) is 6.04 Å². The fourth-order valence-electron chi connectivity index (χ4n) is 2.17. The molecule has 0 unspecified atom stereocenters. The van der Waals surface area contributed by atoms with E-state index in [0.717, 1.165) is 16.9 Å². The van der Waals surface area contributed by atoms with Crippen molar-refractivity contribution in [2.24, 2.45) is 4.99 Å². The molecule has 98 valence electrons. The molecule has 2 atom stereocenters. The van der Waals surface area contributed by atoms with Gasteiger partial charge in [0, 0.05) is 38.6 Å². The summed E-state index contributed by atoms with van der Waals surface area (Å²) < 4.78 is 1.13. The predicted octanol–water partition coefficient (Wildman–Crippen LogP) is 2.78. The van der Waals surface area contributed by atoms with E-state index in [9.17, 15) is 0 Å². The van der Waals surface area contributed by atoms with E-state index in [0.29, 0.717) is 12.0 Å². The zero-order chi connectivity index (χ0) is 13.3. The van der Waals surface area contributed by atoms with Crippen LogP contribution in [0.4, 0.5) is 0 Å². The monoisotopic (exact) mass is 309 g/mol. The molecule has 0 N–H and O–H groups in total. The molecule has 0 radical (unpaired) electrons. The number of rotatable bonds is 2. The van der Waals surface area contributed by atoms with Gasteiger partial charge < -0.3 is 9.80 Å². The summed E-state index contributed by atoms with van der Waals surface area (Å²) in [5.41, 5.74) is 1.39. The van der Waals surface area contributed by atoms with Crippen LogP contribution in [0, 0.1) is 0 Å². The second-order valence-electron chi connectivity index (χ2n) is 5.18. The fourth-order valence-corrected chi connectivity index (χ4v) is 2.44. The summed E-state index contributed by atoms with van der Waals surface area (Å²) in [6.07, 6.45) is 1.16. The van der Waals surface area contributed by atoms with Crippen molar-refractivity contribution in [3.63, 3.8) is 0 Å². The fraction of sp³-hybridized carbons (Fsp3) is 0.500. The lowest BCUT2D eigenvalue weighted by Crippen LogP contribution is -2.35. The maximum Gasteiger partial charge on any atom is 0.195 e. The lowest BCUT2D eigenvalue weighted by Gasteiger charge is -2.22. The summed E-state index contributed by atoms with van der Waals surface area (Å²) >= 11 is 3.47. The Morgan fingerprint density at radius 1 is 1.11 bits per heavy atom. The van der Waals surface area contributed by atoms with Crippen molar-refractivity contribution in [3.05, 3.63) is 34.3 Å². The second-order valence-corrected chi connectivity index (χ2v) is 6.09. The Labute approximate surface area is 118 Å². The third kappa shape index (κ3) is 3.05. The quantitative estimate of drug-likeness (QED) is 0.618. The summed E-state index contributed by atoms with van der Waals surface area (Å²) in [6.45, 7) is 0. The van der Waals surface area contributed by atoms with Gasteiger partial charge in [0.1, 0.15) is 0 Å². The van der Waals surface area contributed by atoms with Gasteiger partial charge in [0.25, 0.3) is 0 Å². The Hall–Kier alpha value is -1.03. The molecule has 0 aromatic heterocycles. The summed E-state index contributed by atoms with van der Waals surface area (Å²) in [5.74, 6) is 1.63. The van der Waals surface area contributed by atoms with Crippen LogP contribution in [-0.4, -0.2) is 50.0 Å². The number of aliphatic imine (C=N–C) groups is 1. The third-order valence-corrected chi connectivity index (χ3v) is 3.66. The molecule has 3 nitrogen and oxygen atoms in total. The van der Waals surface area contributed by atoms with Crippen LogP contribution in [0.3, 0.4) is 0 Å². The third-order valence-electron chi connectivity index (χ3n) is 3.14. The van der Waals surface area contributed by atoms with Gasteiger partial charge in [-0.15, -0.1) is 0 Å². The normalized spacial score (nSPS) is 21.4. The molecule has 0 saturated heterocycles. The Bertz CT molecular complexity index is 427. The minimum atomic E-state index is 0.436. The lowest BCUT2D eigenvalue weighted by molar-refractivity contribution is 0.479. The topological polar surface area (TPSA) is 18.8 Å². The van der Waals surface area contributed by atoms with E-state index in [1.54, 1.807) is 0 Å². The molecule has 18 heavy (non-hydrogen) atoms. The molecule has 1 saturated carbocycles. The molecule has 1 aliphatic rings. The average Bonchev–Trinajstić information content (AvgIpc) is 3.05. The smallest absolute Gasteiger partial charge is 0.195 e. The van der Waals surface area contributed by atoms with Gasteiger partial charge in [-0.05, 0) is 24.1 Å². The van der Waals surface area contributed by atoms with E-state index in [-0.39, 0.29) is 0 Å². The maximum absolute atomic E-state index is 4.82. The Morgan fingerprint density at radius 3 is 2.17 bits per heavy atom. The maximum atomic E-state index is 4.82. The second kappa shape index (κ2) is 5.31. The van der Waals surface area contributed by atoms with Crippen molar-refractivity contribution in [1.29, 1.82) is 0 Å².